The minimum atomic E-state index is -0.826. The third kappa shape index (κ3) is 49.1. The van der Waals surface area contributed by atoms with Crippen molar-refractivity contribution in [3.8, 4) is 0 Å². The van der Waals surface area contributed by atoms with E-state index in [0.29, 0.717) is 19.3 Å². The summed E-state index contributed by atoms with van der Waals surface area (Å²) in [4.78, 5) is 37.9. The molecule has 362 valence electrons. The van der Waals surface area contributed by atoms with Crippen LogP contribution in [0.25, 0.3) is 0 Å². The number of hydrogen-bond donors (Lipinski definition) is 0. The lowest BCUT2D eigenvalue weighted by Crippen LogP contribution is -2.30. The van der Waals surface area contributed by atoms with Crippen molar-refractivity contribution in [2.24, 2.45) is 0 Å². The highest BCUT2D eigenvalue weighted by atomic mass is 16.6. The second kappa shape index (κ2) is 51.7. The van der Waals surface area contributed by atoms with E-state index in [1.54, 1.807) is 0 Å². The molecular weight excluding hydrogens is 793 g/mol. The predicted molar refractivity (Wildman–Crippen MR) is 274 cm³/mol. The zero-order valence-electron chi connectivity index (χ0n) is 41.3. The predicted octanol–water partition coefficient (Wildman–Crippen LogP) is 17.1. The fourth-order valence-electron chi connectivity index (χ4n) is 6.62. The van der Waals surface area contributed by atoms with Crippen LogP contribution in [0.2, 0.25) is 0 Å². The van der Waals surface area contributed by atoms with Crippen LogP contribution in [0.1, 0.15) is 220 Å². The van der Waals surface area contributed by atoms with E-state index in [1.165, 1.54) is 77.0 Å². The van der Waals surface area contributed by atoms with Crippen molar-refractivity contribution in [1.29, 1.82) is 0 Å². The Hall–Kier alpha value is -3.93. The van der Waals surface area contributed by atoms with Gasteiger partial charge in [0, 0.05) is 19.3 Å². The lowest BCUT2D eigenvalue weighted by Gasteiger charge is -2.18. The molecule has 0 saturated heterocycles. The molecule has 0 aliphatic heterocycles. The number of allylic oxidation sites excluding steroid dienone is 18. The van der Waals surface area contributed by atoms with Crippen LogP contribution in [-0.2, 0) is 28.6 Å². The number of carbonyl (C=O) groups is 3. The lowest BCUT2D eigenvalue weighted by atomic mass is 10.1. The molecular formula is C58H94O6. The van der Waals surface area contributed by atoms with Crippen LogP contribution < -0.4 is 0 Å². The molecule has 0 bridgehead atoms. The molecule has 0 amide bonds. The fourth-order valence-corrected chi connectivity index (χ4v) is 6.62. The molecule has 6 nitrogen and oxygen atoms in total. The molecule has 0 fully saturated rings. The zero-order valence-corrected chi connectivity index (χ0v) is 41.3. The van der Waals surface area contributed by atoms with Crippen molar-refractivity contribution in [2.75, 3.05) is 13.2 Å². The molecule has 0 aromatic rings. The molecule has 64 heavy (non-hydrogen) atoms. The zero-order chi connectivity index (χ0) is 46.5. The Morgan fingerprint density at radius 1 is 0.328 bits per heavy atom. The van der Waals surface area contributed by atoms with E-state index in [4.69, 9.17) is 14.2 Å². The topological polar surface area (TPSA) is 78.9 Å². The molecule has 0 radical (unpaired) electrons. The van der Waals surface area contributed by atoms with Gasteiger partial charge in [-0.2, -0.15) is 0 Å². The smallest absolute Gasteiger partial charge is 0.306 e. The van der Waals surface area contributed by atoms with Gasteiger partial charge in [0.15, 0.2) is 6.10 Å². The molecule has 0 saturated carbocycles. The van der Waals surface area contributed by atoms with Gasteiger partial charge in [0.25, 0.3) is 0 Å². The highest BCUT2D eigenvalue weighted by molar-refractivity contribution is 5.71. The van der Waals surface area contributed by atoms with E-state index in [0.717, 1.165) is 96.3 Å². The molecule has 0 aromatic carbocycles. The number of hydrogen-bond acceptors (Lipinski definition) is 6. The molecule has 6 heteroatoms. The first-order chi connectivity index (χ1) is 31.5. The Bertz CT molecular complexity index is 1340. The summed E-state index contributed by atoms with van der Waals surface area (Å²) in [6.07, 6.45) is 69.3. The largest absolute Gasteiger partial charge is 0.462 e. The maximum Gasteiger partial charge on any atom is 0.306 e. The van der Waals surface area contributed by atoms with Crippen molar-refractivity contribution in [3.63, 3.8) is 0 Å². The summed E-state index contributed by atoms with van der Waals surface area (Å²) in [6, 6.07) is 0. The molecule has 1 atom stereocenters. The van der Waals surface area contributed by atoms with E-state index in [9.17, 15) is 14.4 Å². The Morgan fingerprint density at radius 2 is 0.656 bits per heavy atom. The minimum absolute atomic E-state index is 0.121. The third-order valence-electron chi connectivity index (χ3n) is 10.6. The summed E-state index contributed by atoms with van der Waals surface area (Å²) >= 11 is 0. The highest BCUT2D eigenvalue weighted by Crippen LogP contribution is 2.12. The van der Waals surface area contributed by atoms with Crippen LogP contribution >= 0.6 is 0 Å². The minimum Gasteiger partial charge on any atom is -0.462 e. The number of rotatable bonds is 45. The van der Waals surface area contributed by atoms with Gasteiger partial charge < -0.3 is 14.2 Å². The van der Waals surface area contributed by atoms with Crippen LogP contribution in [0.3, 0.4) is 0 Å². The molecule has 0 spiro atoms. The SMILES string of the molecule is CCCC/C=C\C=C/CCCCCC(=O)OCC(COC(=O)CCCCCCC\C=C/C=C\C=C/C=C\CCCCC)OC(=O)CCC/C=C\C/C=C\C/C=C\CCCCCCCC. The van der Waals surface area contributed by atoms with Crippen molar-refractivity contribution in [3.05, 3.63) is 109 Å². The first-order valence-electron chi connectivity index (χ1n) is 26.0. The maximum absolute atomic E-state index is 12.8. The molecule has 1 unspecified atom stereocenters. The Labute approximate surface area is 393 Å². The van der Waals surface area contributed by atoms with E-state index >= 15 is 0 Å². The third-order valence-corrected chi connectivity index (χ3v) is 10.6. The average molecular weight is 887 g/mol. The fraction of sp³-hybridized carbons (Fsp3) is 0.638. The first kappa shape index (κ1) is 60.1. The number of esters is 3. The van der Waals surface area contributed by atoms with Crippen molar-refractivity contribution in [2.45, 2.75) is 226 Å². The Balaban J connectivity index is 4.54. The van der Waals surface area contributed by atoms with E-state index in [1.807, 2.05) is 0 Å². The van der Waals surface area contributed by atoms with Gasteiger partial charge in [-0.15, -0.1) is 0 Å². The average Bonchev–Trinajstić information content (AvgIpc) is 3.29. The molecule has 0 rings (SSSR count). The lowest BCUT2D eigenvalue weighted by molar-refractivity contribution is -0.167. The second-order valence-corrected chi connectivity index (χ2v) is 16.8. The van der Waals surface area contributed by atoms with Gasteiger partial charge in [0.1, 0.15) is 13.2 Å². The summed E-state index contributed by atoms with van der Waals surface area (Å²) in [6.45, 7) is 6.44. The summed E-state index contributed by atoms with van der Waals surface area (Å²) in [5.74, 6) is -1.03. The van der Waals surface area contributed by atoms with E-state index in [-0.39, 0.29) is 37.5 Å². The Morgan fingerprint density at radius 3 is 1.17 bits per heavy atom. The normalized spacial score (nSPS) is 13.0. The van der Waals surface area contributed by atoms with Gasteiger partial charge in [0.05, 0.1) is 0 Å². The Kier molecular flexibility index (Phi) is 48.5. The molecule has 0 aromatic heterocycles. The highest BCUT2D eigenvalue weighted by Gasteiger charge is 2.19. The summed E-state index contributed by atoms with van der Waals surface area (Å²) in [5.41, 5.74) is 0. The van der Waals surface area contributed by atoms with Gasteiger partial charge in [0.2, 0.25) is 0 Å². The van der Waals surface area contributed by atoms with Gasteiger partial charge in [-0.3, -0.25) is 14.4 Å². The molecule has 0 aliphatic carbocycles. The first-order valence-corrected chi connectivity index (χ1v) is 26.0. The monoisotopic (exact) mass is 887 g/mol. The number of carbonyl (C=O) groups excluding carboxylic acids is 3. The van der Waals surface area contributed by atoms with Crippen LogP contribution in [0.5, 0.6) is 0 Å². The van der Waals surface area contributed by atoms with E-state index < -0.39 is 6.10 Å². The molecule has 0 heterocycles. The maximum atomic E-state index is 12.8. The number of unbranched alkanes of at least 4 members (excludes halogenated alkanes) is 20. The van der Waals surface area contributed by atoms with Gasteiger partial charge in [-0.1, -0.05) is 214 Å². The second-order valence-electron chi connectivity index (χ2n) is 16.8. The standard InChI is InChI=1S/C58H94O6/c1-4-7-10-13-16-19-22-24-26-28-30-31-33-36-39-42-45-48-51-57(60)63-54-55(53-62-56(59)50-47-44-41-38-35-21-18-15-12-9-6-3)64-58(61)52-49-46-43-40-37-34-32-29-27-25-23-20-17-14-11-8-5-2/h15-16,18-19,21-22,24-28,30-32,34-35,40,43,55H,4-14,17,20,23,29,33,36-39,41-42,44-54H2,1-3H3/b18-15-,19-16-,24-22-,27-25-,28-26-,31-30-,34-32-,35-21-,43-40-. The van der Waals surface area contributed by atoms with Crippen LogP contribution in [0.4, 0.5) is 0 Å². The van der Waals surface area contributed by atoms with Crippen molar-refractivity contribution in [1.82, 2.24) is 0 Å². The van der Waals surface area contributed by atoms with Crippen LogP contribution in [0.15, 0.2) is 109 Å². The van der Waals surface area contributed by atoms with Gasteiger partial charge in [-0.05, 0) is 96.3 Å². The number of ether oxygens (including phenoxy) is 3. The van der Waals surface area contributed by atoms with Crippen LogP contribution in [0, 0.1) is 0 Å². The van der Waals surface area contributed by atoms with Crippen molar-refractivity contribution < 1.29 is 28.6 Å². The van der Waals surface area contributed by atoms with Crippen LogP contribution in [-0.4, -0.2) is 37.2 Å². The summed E-state index contributed by atoms with van der Waals surface area (Å²) in [5, 5.41) is 0. The quantitative estimate of drug-likeness (QED) is 0.0199. The van der Waals surface area contributed by atoms with Crippen molar-refractivity contribution >= 4 is 17.9 Å². The van der Waals surface area contributed by atoms with Gasteiger partial charge >= 0.3 is 17.9 Å². The van der Waals surface area contributed by atoms with E-state index in [2.05, 4.69) is 130 Å². The molecule has 0 aliphatic rings. The van der Waals surface area contributed by atoms with Gasteiger partial charge in [-0.25, -0.2) is 0 Å². The summed E-state index contributed by atoms with van der Waals surface area (Å²) in [7, 11) is 0. The molecule has 0 N–H and O–H groups in total. The summed E-state index contributed by atoms with van der Waals surface area (Å²) < 4.78 is 16.7.